The van der Waals surface area contributed by atoms with Crippen molar-refractivity contribution in [2.45, 2.75) is 6.92 Å². The van der Waals surface area contributed by atoms with E-state index in [-0.39, 0.29) is 5.78 Å². The van der Waals surface area contributed by atoms with E-state index in [2.05, 4.69) is 6.58 Å². The van der Waals surface area contributed by atoms with Crippen molar-refractivity contribution in [1.82, 2.24) is 0 Å². The van der Waals surface area contributed by atoms with Gasteiger partial charge in [-0.25, -0.2) is 0 Å². The van der Waals surface area contributed by atoms with Gasteiger partial charge in [-0.15, -0.1) is 0 Å². The summed E-state index contributed by atoms with van der Waals surface area (Å²) in [7, 11) is 0. The fraction of sp³-hybridized carbons (Fsp3) is 0.125. The second-order valence-electron chi connectivity index (χ2n) is 2.24. The third kappa shape index (κ3) is 0.880. The predicted molar refractivity (Wildman–Crippen MR) is 40.2 cm³/mol. The lowest BCUT2D eigenvalue weighted by Gasteiger charge is -1.99. The molecular weight excluding hydrogens is 126 g/mol. The average molecular weight is 135 g/mol. The summed E-state index contributed by atoms with van der Waals surface area (Å²) in [6.45, 7) is 5.16. The van der Waals surface area contributed by atoms with Gasteiger partial charge in [0.05, 0.1) is 0 Å². The van der Waals surface area contributed by atoms with Gasteiger partial charge in [-0.1, -0.05) is 6.58 Å². The van der Waals surface area contributed by atoms with Gasteiger partial charge < -0.3 is 5.73 Å². The maximum absolute atomic E-state index is 10.8. The average Bonchev–Trinajstić information content (AvgIpc) is 2.14. The van der Waals surface area contributed by atoms with Crippen LogP contribution in [0.15, 0.2) is 35.6 Å². The van der Waals surface area contributed by atoms with E-state index in [0.717, 1.165) is 0 Å². The summed E-state index contributed by atoms with van der Waals surface area (Å²) < 4.78 is 0. The molecule has 1 aliphatic rings. The lowest BCUT2D eigenvalue weighted by molar-refractivity contribution is -0.113. The number of nitrogens with two attached hydrogens (primary N) is 1. The smallest absolute Gasteiger partial charge is 0.160 e. The fourth-order valence-corrected chi connectivity index (χ4v) is 0.860. The van der Waals surface area contributed by atoms with Gasteiger partial charge in [0.15, 0.2) is 5.78 Å². The molecule has 0 unspecified atom stereocenters. The quantitative estimate of drug-likeness (QED) is 0.580. The van der Waals surface area contributed by atoms with Crippen molar-refractivity contribution in [3.05, 3.63) is 35.6 Å². The summed E-state index contributed by atoms with van der Waals surface area (Å²) in [5.41, 5.74) is 7.32. The normalized spacial score (nSPS) is 16.7. The van der Waals surface area contributed by atoms with E-state index in [4.69, 9.17) is 5.73 Å². The van der Waals surface area contributed by atoms with E-state index in [1.54, 1.807) is 12.2 Å². The number of carbonyl (C=O) groups excluding carboxylic acids is 1. The van der Waals surface area contributed by atoms with Gasteiger partial charge in [0, 0.05) is 16.8 Å². The van der Waals surface area contributed by atoms with Crippen molar-refractivity contribution in [3.8, 4) is 0 Å². The monoisotopic (exact) mass is 135 g/mol. The lowest BCUT2D eigenvalue weighted by Crippen LogP contribution is -2.02. The van der Waals surface area contributed by atoms with Crippen molar-refractivity contribution in [2.75, 3.05) is 0 Å². The molecule has 0 aromatic rings. The first-order chi connectivity index (χ1) is 4.63. The molecule has 0 bridgehead atoms. The zero-order valence-corrected chi connectivity index (χ0v) is 5.85. The minimum Gasteiger partial charge on any atom is -0.398 e. The highest BCUT2D eigenvalue weighted by molar-refractivity contribution is 6.00. The van der Waals surface area contributed by atoms with E-state index >= 15 is 0 Å². The molecule has 0 radical (unpaired) electrons. The Morgan fingerprint density at radius 3 is 2.40 bits per heavy atom. The molecule has 52 valence electrons. The van der Waals surface area contributed by atoms with Crippen LogP contribution >= 0.6 is 0 Å². The molecule has 0 spiro atoms. The van der Waals surface area contributed by atoms with Crippen LogP contribution in [0.2, 0.25) is 0 Å². The van der Waals surface area contributed by atoms with Crippen LogP contribution in [-0.2, 0) is 4.79 Å². The molecule has 0 amide bonds. The van der Waals surface area contributed by atoms with E-state index < -0.39 is 0 Å². The maximum Gasteiger partial charge on any atom is 0.160 e. The van der Waals surface area contributed by atoms with Gasteiger partial charge in [0.2, 0.25) is 0 Å². The van der Waals surface area contributed by atoms with Gasteiger partial charge in [-0.3, -0.25) is 4.79 Å². The number of hydrogen-bond acceptors (Lipinski definition) is 2. The molecule has 2 heteroatoms. The Morgan fingerprint density at radius 2 is 2.20 bits per heavy atom. The lowest BCUT2D eigenvalue weighted by atomic mass is 10.1. The van der Waals surface area contributed by atoms with Crippen LogP contribution in [0.4, 0.5) is 0 Å². The molecule has 0 saturated carbocycles. The number of ketones is 1. The summed E-state index contributed by atoms with van der Waals surface area (Å²) in [6, 6.07) is 0. The third-order valence-electron chi connectivity index (χ3n) is 1.48. The van der Waals surface area contributed by atoms with Crippen LogP contribution < -0.4 is 5.73 Å². The zero-order valence-electron chi connectivity index (χ0n) is 5.85. The van der Waals surface area contributed by atoms with Gasteiger partial charge in [0.1, 0.15) is 0 Å². The van der Waals surface area contributed by atoms with E-state index in [9.17, 15) is 4.79 Å². The largest absolute Gasteiger partial charge is 0.398 e. The van der Waals surface area contributed by atoms with Crippen LogP contribution in [0, 0.1) is 0 Å². The topological polar surface area (TPSA) is 43.1 Å². The van der Waals surface area contributed by atoms with Crippen molar-refractivity contribution >= 4 is 5.78 Å². The Labute approximate surface area is 59.7 Å². The summed E-state index contributed by atoms with van der Waals surface area (Å²) in [5, 5.41) is 0. The standard InChI is InChI=1S/C8H9NO/c1-5-7(6(2)10)3-4-8(5)9/h3-4H,1,9H2,2H3. The molecular formula is C8H9NO. The van der Waals surface area contributed by atoms with Crippen LogP contribution in [0.5, 0.6) is 0 Å². The molecule has 10 heavy (non-hydrogen) atoms. The molecule has 1 rings (SSSR count). The molecule has 0 saturated heterocycles. The van der Waals surface area contributed by atoms with Gasteiger partial charge in [-0.05, 0) is 19.1 Å². The SMILES string of the molecule is C=C1C(N)=CC=C1C(C)=O. The summed E-state index contributed by atoms with van der Waals surface area (Å²) in [5.74, 6) is 0.0155. The van der Waals surface area contributed by atoms with Crippen molar-refractivity contribution < 1.29 is 4.79 Å². The molecule has 0 atom stereocenters. The number of hydrogen-bond donors (Lipinski definition) is 1. The third-order valence-corrected chi connectivity index (χ3v) is 1.48. The molecule has 0 aromatic heterocycles. The Morgan fingerprint density at radius 1 is 1.60 bits per heavy atom. The molecule has 0 aromatic carbocycles. The zero-order chi connectivity index (χ0) is 7.72. The highest BCUT2D eigenvalue weighted by Gasteiger charge is 2.13. The molecule has 0 aliphatic heterocycles. The number of carbonyl (C=O) groups is 1. The summed E-state index contributed by atoms with van der Waals surface area (Å²) >= 11 is 0. The van der Waals surface area contributed by atoms with Crippen molar-refractivity contribution in [2.24, 2.45) is 5.73 Å². The number of rotatable bonds is 1. The molecule has 0 fully saturated rings. The molecule has 0 heterocycles. The Kier molecular flexibility index (Phi) is 1.45. The number of Topliss-reactive ketones (excluding diaryl/α,β-unsaturated/α-hetero) is 1. The highest BCUT2D eigenvalue weighted by atomic mass is 16.1. The molecule has 2 N–H and O–H groups in total. The van der Waals surface area contributed by atoms with Crippen LogP contribution in [0.25, 0.3) is 0 Å². The van der Waals surface area contributed by atoms with Crippen LogP contribution in [0.3, 0.4) is 0 Å². The Bertz CT molecular complexity index is 258. The van der Waals surface area contributed by atoms with Gasteiger partial charge in [0.25, 0.3) is 0 Å². The second kappa shape index (κ2) is 2.14. The van der Waals surface area contributed by atoms with Crippen LogP contribution in [-0.4, -0.2) is 5.78 Å². The Balaban J connectivity index is 2.92. The van der Waals surface area contributed by atoms with Crippen molar-refractivity contribution in [1.29, 1.82) is 0 Å². The minimum absolute atomic E-state index is 0.0155. The first-order valence-corrected chi connectivity index (χ1v) is 3.01. The van der Waals surface area contributed by atoms with Gasteiger partial charge >= 0.3 is 0 Å². The second-order valence-corrected chi connectivity index (χ2v) is 2.24. The molecule has 1 aliphatic carbocycles. The van der Waals surface area contributed by atoms with E-state index in [1.807, 2.05) is 0 Å². The fourth-order valence-electron chi connectivity index (χ4n) is 0.860. The highest BCUT2D eigenvalue weighted by Crippen LogP contribution is 2.20. The Hall–Kier alpha value is -1.31. The van der Waals surface area contributed by atoms with E-state index in [0.29, 0.717) is 16.8 Å². The maximum atomic E-state index is 10.8. The van der Waals surface area contributed by atoms with Gasteiger partial charge in [-0.2, -0.15) is 0 Å². The summed E-state index contributed by atoms with van der Waals surface area (Å²) in [4.78, 5) is 10.8. The minimum atomic E-state index is 0.0155. The molecule has 2 nitrogen and oxygen atoms in total. The van der Waals surface area contributed by atoms with Crippen LogP contribution in [0.1, 0.15) is 6.92 Å². The van der Waals surface area contributed by atoms with Crippen molar-refractivity contribution in [3.63, 3.8) is 0 Å². The predicted octanol–water partition coefficient (Wildman–Crippen LogP) is 0.914. The van der Waals surface area contributed by atoms with E-state index in [1.165, 1.54) is 6.92 Å². The first-order valence-electron chi connectivity index (χ1n) is 3.01. The first kappa shape index (κ1) is 6.81. The summed E-state index contributed by atoms with van der Waals surface area (Å²) in [6.07, 6.45) is 3.39. The number of allylic oxidation sites excluding steroid dienone is 3.